The van der Waals surface area contributed by atoms with Crippen LogP contribution in [-0.2, 0) is 20.7 Å². The topological polar surface area (TPSA) is 68.3 Å². The van der Waals surface area contributed by atoms with E-state index in [9.17, 15) is 9.59 Å². The number of aromatic nitrogens is 1. The van der Waals surface area contributed by atoms with Crippen LogP contribution in [0.1, 0.15) is 43.2 Å². The van der Waals surface area contributed by atoms with Crippen LogP contribution >= 0.6 is 23.2 Å². The van der Waals surface area contributed by atoms with Crippen molar-refractivity contribution in [3.05, 3.63) is 86.4 Å². The molecule has 7 heteroatoms. The number of halogens is 2. The molecule has 1 aliphatic carbocycles. The molecule has 1 unspecified atom stereocenters. The molecule has 1 atom stereocenters. The third-order valence-electron chi connectivity index (χ3n) is 5.61. The molecule has 0 amide bonds. The number of aryl methyl sites for hydroxylation is 1. The first-order valence-electron chi connectivity index (χ1n) is 10.2. The molecule has 1 aliphatic heterocycles. The molecule has 5 nitrogen and oxygen atoms in total. The van der Waals surface area contributed by atoms with Crippen LogP contribution in [-0.4, -0.2) is 23.3 Å². The number of carbonyl (C=O) groups excluding carboxylic acids is 2. The minimum absolute atomic E-state index is 0.0212. The number of ether oxygens (including phenoxy) is 1. The Bertz CT molecular complexity index is 1090. The highest BCUT2D eigenvalue weighted by molar-refractivity contribution is 6.35. The van der Waals surface area contributed by atoms with Crippen molar-refractivity contribution in [3.8, 4) is 0 Å². The van der Waals surface area contributed by atoms with Gasteiger partial charge in [0.1, 0.15) is 0 Å². The smallest absolute Gasteiger partial charge is 0.336 e. The van der Waals surface area contributed by atoms with Gasteiger partial charge in [0.2, 0.25) is 0 Å². The lowest BCUT2D eigenvalue weighted by Crippen LogP contribution is -2.30. The van der Waals surface area contributed by atoms with Gasteiger partial charge in [-0.25, -0.2) is 4.79 Å². The number of carbonyl (C=O) groups is 2. The minimum atomic E-state index is -0.568. The van der Waals surface area contributed by atoms with E-state index in [4.69, 9.17) is 27.9 Å². The quantitative estimate of drug-likeness (QED) is 0.481. The number of nitrogens with one attached hydrogen (secondary N) is 1. The lowest BCUT2D eigenvalue weighted by atomic mass is 9.80. The zero-order chi connectivity index (χ0) is 22.0. The third-order valence-corrected chi connectivity index (χ3v) is 6.17. The summed E-state index contributed by atoms with van der Waals surface area (Å²) >= 11 is 12.6. The van der Waals surface area contributed by atoms with Crippen molar-refractivity contribution in [2.24, 2.45) is 0 Å². The van der Waals surface area contributed by atoms with Gasteiger partial charge in [0, 0.05) is 51.7 Å². The minimum Gasteiger partial charge on any atom is -0.462 e. The van der Waals surface area contributed by atoms with Crippen LogP contribution in [0.3, 0.4) is 0 Å². The average Bonchev–Trinajstić information content (AvgIpc) is 3.11. The molecule has 31 heavy (non-hydrogen) atoms. The standard InChI is InChI=1S/C24H22Cl2N2O3/c1-14-21(24(30)31-11-3-5-15-4-2-10-27-13-15)22(17-7-6-16(25)12-18(17)26)23-19(28-14)8-9-20(23)29/h2,4,6-7,10,12-13,22,28H,3,5,8-9,11H2,1H3. The van der Waals surface area contributed by atoms with Crippen molar-refractivity contribution in [1.29, 1.82) is 0 Å². The number of rotatable bonds is 6. The molecular weight excluding hydrogens is 435 g/mol. The fraction of sp³-hybridized carbons (Fsp3) is 0.292. The number of allylic oxidation sites excluding steroid dienone is 3. The van der Waals surface area contributed by atoms with Gasteiger partial charge < -0.3 is 10.1 Å². The van der Waals surface area contributed by atoms with Gasteiger partial charge >= 0.3 is 5.97 Å². The first-order valence-corrected chi connectivity index (χ1v) is 11.0. The summed E-state index contributed by atoms with van der Waals surface area (Å²) in [5.41, 5.74) is 4.31. The lowest BCUT2D eigenvalue weighted by Gasteiger charge is -2.29. The Morgan fingerprint density at radius 3 is 2.84 bits per heavy atom. The number of benzene rings is 1. The second-order valence-corrected chi connectivity index (χ2v) is 8.52. The fourth-order valence-corrected chi connectivity index (χ4v) is 4.70. The largest absolute Gasteiger partial charge is 0.462 e. The van der Waals surface area contributed by atoms with Gasteiger partial charge in [-0.1, -0.05) is 35.3 Å². The van der Waals surface area contributed by atoms with E-state index >= 15 is 0 Å². The Balaban J connectivity index is 1.57. The number of dihydropyridines is 1. The molecule has 2 aromatic rings. The van der Waals surface area contributed by atoms with Crippen molar-refractivity contribution in [3.63, 3.8) is 0 Å². The van der Waals surface area contributed by atoms with Crippen molar-refractivity contribution in [2.45, 2.75) is 38.5 Å². The van der Waals surface area contributed by atoms with Gasteiger partial charge in [-0.05, 0) is 55.5 Å². The third kappa shape index (κ3) is 4.53. The summed E-state index contributed by atoms with van der Waals surface area (Å²) in [5.74, 6) is -0.992. The van der Waals surface area contributed by atoms with Crippen molar-refractivity contribution < 1.29 is 14.3 Å². The Kier molecular flexibility index (Phi) is 6.44. The predicted octanol–water partition coefficient (Wildman–Crippen LogP) is 5.14. The van der Waals surface area contributed by atoms with E-state index in [1.807, 2.05) is 19.1 Å². The van der Waals surface area contributed by atoms with Gasteiger partial charge in [0.25, 0.3) is 0 Å². The van der Waals surface area contributed by atoms with Gasteiger partial charge in [-0.3, -0.25) is 9.78 Å². The molecule has 2 heterocycles. The van der Waals surface area contributed by atoms with Gasteiger partial charge in [0.15, 0.2) is 5.78 Å². The van der Waals surface area contributed by atoms with Crippen LogP contribution in [0.4, 0.5) is 0 Å². The van der Waals surface area contributed by atoms with E-state index in [1.54, 1.807) is 30.6 Å². The van der Waals surface area contributed by atoms with Crippen LogP contribution in [0.5, 0.6) is 0 Å². The molecule has 4 rings (SSSR count). The summed E-state index contributed by atoms with van der Waals surface area (Å²) in [6, 6.07) is 9.00. The second-order valence-electron chi connectivity index (χ2n) is 7.68. The highest BCUT2D eigenvalue weighted by Gasteiger charge is 2.41. The first kappa shape index (κ1) is 21.6. The SMILES string of the molecule is CC1=C(C(=O)OCCCc2cccnc2)C(c2ccc(Cl)cc2Cl)C2=C(CCC2=O)N1. The number of hydrogen-bond acceptors (Lipinski definition) is 5. The van der Waals surface area contributed by atoms with Crippen molar-refractivity contribution in [2.75, 3.05) is 6.61 Å². The molecule has 1 N–H and O–H groups in total. The molecule has 0 saturated heterocycles. The van der Waals surface area contributed by atoms with Crippen LogP contribution in [0.2, 0.25) is 10.0 Å². The Labute approximate surface area is 191 Å². The molecule has 0 spiro atoms. The van der Waals surface area contributed by atoms with E-state index in [1.165, 1.54) is 0 Å². The highest BCUT2D eigenvalue weighted by Crippen LogP contribution is 2.45. The zero-order valence-electron chi connectivity index (χ0n) is 17.1. The Morgan fingerprint density at radius 2 is 2.10 bits per heavy atom. The number of ketones is 1. The first-order chi connectivity index (χ1) is 15.0. The number of nitrogens with zero attached hydrogens (tertiary/aromatic N) is 1. The van der Waals surface area contributed by atoms with E-state index in [-0.39, 0.29) is 12.4 Å². The number of Topliss-reactive ketones (excluding diaryl/α,β-unsaturated/α-hetero) is 1. The molecule has 160 valence electrons. The summed E-state index contributed by atoms with van der Waals surface area (Å²) in [4.78, 5) is 30.0. The van der Waals surface area contributed by atoms with E-state index in [2.05, 4.69) is 10.3 Å². The number of esters is 1. The summed E-state index contributed by atoms with van der Waals surface area (Å²) in [5, 5.41) is 4.16. The van der Waals surface area contributed by atoms with E-state index in [0.29, 0.717) is 51.7 Å². The van der Waals surface area contributed by atoms with Gasteiger partial charge in [0.05, 0.1) is 12.2 Å². The maximum absolute atomic E-state index is 13.1. The number of pyridine rings is 1. The maximum Gasteiger partial charge on any atom is 0.336 e. The molecule has 0 saturated carbocycles. The van der Waals surface area contributed by atoms with Crippen LogP contribution in [0.15, 0.2) is 65.3 Å². The van der Waals surface area contributed by atoms with Crippen LogP contribution < -0.4 is 5.32 Å². The summed E-state index contributed by atoms with van der Waals surface area (Å²) < 4.78 is 5.61. The summed E-state index contributed by atoms with van der Waals surface area (Å²) in [7, 11) is 0. The molecule has 2 aliphatic rings. The zero-order valence-corrected chi connectivity index (χ0v) is 18.6. The van der Waals surface area contributed by atoms with Gasteiger partial charge in [-0.15, -0.1) is 0 Å². The molecular formula is C24H22Cl2N2O3. The fourth-order valence-electron chi connectivity index (χ4n) is 4.18. The molecule has 0 fully saturated rings. The summed E-state index contributed by atoms with van der Waals surface area (Å²) in [6.45, 7) is 2.10. The molecule has 1 aromatic heterocycles. The molecule has 0 bridgehead atoms. The summed E-state index contributed by atoms with van der Waals surface area (Å²) in [6.07, 6.45) is 6.01. The number of hydrogen-bond donors (Lipinski definition) is 1. The van der Waals surface area contributed by atoms with E-state index in [0.717, 1.165) is 17.7 Å². The normalized spacial score (nSPS) is 18.2. The Hall–Kier alpha value is -2.63. The molecule has 1 aromatic carbocycles. The second kappa shape index (κ2) is 9.25. The maximum atomic E-state index is 13.1. The predicted molar refractivity (Wildman–Crippen MR) is 120 cm³/mol. The lowest BCUT2D eigenvalue weighted by molar-refractivity contribution is -0.139. The van der Waals surface area contributed by atoms with Crippen molar-refractivity contribution in [1.82, 2.24) is 10.3 Å². The Morgan fingerprint density at radius 1 is 1.26 bits per heavy atom. The molecule has 0 radical (unpaired) electrons. The van der Waals surface area contributed by atoms with Crippen molar-refractivity contribution >= 4 is 35.0 Å². The van der Waals surface area contributed by atoms with E-state index < -0.39 is 11.9 Å². The monoisotopic (exact) mass is 456 g/mol. The van der Waals surface area contributed by atoms with Gasteiger partial charge in [-0.2, -0.15) is 0 Å². The highest BCUT2D eigenvalue weighted by atomic mass is 35.5. The van der Waals surface area contributed by atoms with Crippen LogP contribution in [0.25, 0.3) is 0 Å². The van der Waals surface area contributed by atoms with Crippen LogP contribution in [0, 0.1) is 0 Å². The average molecular weight is 457 g/mol.